The zero-order chi connectivity index (χ0) is 15.3. The number of ether oxygens (including phenoxy) is 1. The van der Waals surface area contributed by atoms with E-state index in [4.69, 9.17) is 4.74 Å². The van der Waals surface area contributed by atoms with Crippen molar-refractivity contribution in [3.05, 3.63) is 0 Å². The summed E-state index contributed by atoms with van der Waals surface area (Å²) in [6, 6.07) is 0. The van der Waals surface area contributed by atoms with E-state index < -0.39 is 0 Å². The molecule has 2 aliphatic rings. The fourth-order valence-electron chi connectivity index (χ4n) is 4.28. The van der Waals surface area contributed by atoms with Crippen LogP contribution in [-0.4, -0.2) is 37.2 Å². The van der Waals surface area contributed by atoms with E-state index in [2.05, 4.69) is 32.6 Å². The van der Waals surface area contributed by atoms with Crippen molar-refractivity contribution >= 4 is 0 Å². The molecule has 0 radical (unpaired) electrons. The molecule has 21 heavy (non-hydrogen) atoms. The van der Waals surface area contributed by atoms with Gasteiger partial charge in [0.2, 0.25) is 0 Å². The van der Waals surface area contributed by atoms with Crippen LogP contribution in [-0.2, 0) is 4.74 Å². The Kier molecular flexibility index (Phi) is 6.55. The fourth-order valence-corrected chi connectivity index (χ4v) is 4.28. The van der Waals surface area contributed by atoms with Crippen molar-refractivity contribution in [3.63, 3.8) is 0 Å². The molecular weight excluding hydrogens is 258 g/mol. The zero-order valence-electron chi connectivity index (χ0n) is 14.9. The second-order valence-electron chi connectivity index (χ2n) is 8.20. The van der Waals surface area contributed by atoms with Crippen LogP contribution in [0, 0.1) is 17.3 Å². The summed E-state index contributed by atoms with van der Waals surface area (Å²) in [5.74, 6) is 1.82. The Bertz CT molecular complexity index is 286. The molecule has 1 heterocycles. The average Bonchev–Trinajstić information content (AvgIpc) is 2.42. The van der Waals surface area contributed by atoms with Crippen LogP contribution >= 0.6 is 0 Å². The van der Waals surface area contributed by atoms with Crippen molar-refractivity contribution in [2.45, 2.75) is 78.7 Å². The number of piperidine rings is 1. The molecule has 124 valence electrons. The van der Waals surface area contributed by atoms with Gasteiger partial charge < -0.3 is 9.64 Å². The molecule has 0 aromatic rings. The van der Waals surface area contributed by atoms with Crippen molar-refractivity contribution in [3.8, 4) is 0 Å². The van der Waals surface area contributed by atoms with Crippen LogP contribution in [0.25, 0.3) is 0 Å². The minimum atomic E-state index is 0.447. The lowest BCUT2D eigenvalue weighted by molar-refractivity contribution is -0.0235. The highest BCUT2D eigenvalue weighted by atomic mass is 16.5. The summed E-state index contributed by atoms with van der Waals surface area (Å²) < 4.78 is 5.79. The number of nitrogens with zero attached hydrogens (tertiary/aromatic N) is 1. The molecule has 2 fully saturated rings. The molecule has 0 amide bonds. The van der Waals surface area contributed by atoms with E-state index in [0.717, 1.165) is 30.3 Å². The second kappa shape index (κ2) is 7.97. The molecule has 0 N–H and O–H groups in total. The first kappa shape index (κ1) is 17.3. The molecular formula is C19H37NO. The molecule has 1 saturated heterocycles. The van der Waals surface area contributed by atoms with Gasteiger partial charge in [0.1, 0.15) is 0 Å². The van der Waals surface area contributed by atoms with Crippen molar-refractivity contribution in [2.75, 3.05) is 26.2 Å². The molecule has 2 heteroatoms. The van der Waals surface area contributed by atoms with Gasteiger partial charge in [-0.15, -0.1) is 0 Å². The van der Waals surface area contributed by atoms with Gasteiger partial charge in [-0.05, 0) is 82.2 Å². The zero-order valence-corrected chi connectivity index (χ0v) is 14.9. The molecule has 0 bridgehead atoms. The van der Waals surface area contributed by atoms with Crippen LogP contribution in [0.3, 0.4) is 0 Å². The summed E-state index contributed by atoms with van der Waals surface area (Å²) in [5.41, 5.74) is 0.746. The Morgan fingerprint density at radius 2 is 1.81 bits per heavy atom. The van der Waals surface area contributed by atoms with E-state index in [-0.39, 0.29) is 0 Å². The first-order valence-electron chi connectivity index (χ1n) is 9.37. The monoisotopic (exact) mass is 295 g/mol. The van der Waals surface area contributed by atoms with Gasteiger partial charge in [0.05, 0.1) is 6.10 Å². The van der Waals surface area contributed by atoms with Crippen LogP contribution in [0.4, 0.5) is 0 Å². The quantitative estimate of drug-likeness (QED) is 0.600. The van der Waals surface area contributed by atoms with Gasteiger partial charge in [-0.3, -0.25) is 0 Å². The molecule has 1 aliphatic heterocycles. The van der Waals surface area contributed by atoms with Crippen LogP contribution in [0.5, 0.6) is 0 Å². The predicted molar refractivity (Wildman–Crippen MR) is 90.6 cm³/mol. The summed E-state index contributed by atoms with van der Waals surface area (Å²) in [7, 11) is 0. The van der Waals surface area contributed by atoms with Gasteiger partial charge in [-0.2, -0.15) is 0 Å². The van der Waals surface area contributed by atoms with Gasteiger partial charge in [0, 0.05) is 13.2 Å². The molecule has 0 aromatic carbocycles. The number of hydrogen-bond donors (Lipinski definition) is 0. The lowest BCUT2D eigenvalue weighted by atomic mass is 9.56. The van der Waals surface area contributed by atoms with Crippen molar-refractivity contribution < 1.29 is 4.74 Å². The highest BCUT2D eigenvalue weighted by Gasteiger charge is 2.44. The summed E-state index contributed by atoms with van der Waals surface area (Å²) in [6.07, 6.45) is 10.2. The summed E-state index contributed by atoms with van der Waals surface area (Å²) >= 11 is 0. The van der Waals surface area contributed by atoms with E-state index in [0.29, 0.717) is 6.10 Å². The third-order valence-corrected chi connectivity index (χ3v) is 5.72. The topological polar surface area (TPSA) is 12.5 Å². The Labute approximate surface area is 132 Å². The molecule has 2 rings (SSSR count). The van der Waals surface area contributed by atoms with Crippen LogP contribution in [0.2, 0.25) is 0 Å². The predicted octanol–water partition coefficient (Wildman–Crippen LogP) is 4.73. The van der Waals surface area contributed by atoms with Crippen LogP contribution < -0.4 is 0 Å². The standard InChI is InChI=1S/C19H37NO/c1-5-17(4)21-12-6-7-18-13-19(14-18)8-10-20(11-9-19)15-16(2)3/h16-18H,5-15H2,1-4H3. The van der Waals surface area contributed by atoms with Crippen LogP contribution in [0.1, 0.15) is 72.6 Å². The number of rotatable bonds is 8. The van der Waals surface area contributed by atoms with Crippen LogP contribution in [0.15, 0.2) is 0 Å². The van der Waals surface area contributed by atoms with Crippen molar-refractivity contribution in [2.24, 2.45) is 17.3 Å². The van der Waals surface area contributed by atoms with E-state index in [1.807, 2.05) is 0 Å². The summed E-state index contributed by atoms with van der Waals surface area (Å²) in [6.45, 7) is 14.0. The summed E-state index contributed by atoms with van der Waals surface area (Å²) in [5, 5.41) is 0. The van der Waals surface area contributed by atoms with Crippen molar-refractivity contribution in [1.29, 1.82) is 0 Å². The van der Waals surface area contributed by atoms with Gasteiger partial charge in [0.15, 0.2) is 0 Å². The maximum Gasteiger partial charge on any atom is 0.0544 e. The minimum absolute atomic E-state index is 0.447. The smallest absolute Gasteiger partial charge is 0.0544 e. The third-order valence-electron chi connectivity index (χ3n) is 5.72. The SMILES string of the molecule is CCC(C)OCCCC1CC2(CCN(CC(C)C)CC2)C1. The molecule has 0 aromatic heterocycles. The maximum atomic E-state index is 5.79. The van der Waals surface area contributed by atoms with E-state index in [9.17, 15) is 0 Å². The largest absolute Gasteiger partial charge is 0.379 e. The first-order valence-corrected chi connectivity index (χ1v) is 9.37. The van der Waals surface area contributed by atoms with Gasteiger partial charge in [0.25, 0.3) is 0 Å². The van der Waals surface area contributed by atoms with E-state index >= 15 is 0 Å². The van der Waals surface area contributed by atoms with Gasteiger partial charge >= 0.3 is 0 Å². The Hall–Kier alpha value is -0.0800. The highest BCUT2D eigenvalue weighted by Crippen LogP contribution is 2.53. The molecule has 2 nitrogen and oxygen atoms in total. The number of likely N-dealkylation sites (tertiary alicyclic amines) is 1. The molecule has 1 aliphatic carbocycles. The first-order chi connectivity index (χ1) is 10.0. The molecule has 1 atom stereocenters. The third kappa shape index (κ3) is 5.25. The van der Waals surface area contributed by atoms with Crippen molar-refractivity contribution in [1.82, 2.24) is 4.90 Å². The van der Waals surface area contributed by atoms with Gasteiger partial charge in [-0.25, -0.2) is 0 Å². The normalized spacial score (nSPS) is 24.4. The Morgan fingerprint density at radius 1 is 1.14 bits per heavy atom. The fraction of sp³-hybridized carbons (Fsp3) is 1.00. The minimum Gasteiger partial charge on any atom is -0.379 e. The molecule has 1 saturated carbocycles. The van der Waals surface area contributed by atoms with E-state index in [1.165, 1.54) is 58.2 Å². The number of hydrogen-bond acceptors (Lipinski definition) is 2. The Morgan fingerprint density at radius 3 is 2.38 bits per heavy atom. The summed E-state index contributed by atoms with van der Waals surface area (Å²) in [4.78, 5) is 2.68. The highest BCUT2D eigenvalue weighted by molar-refractivity contribution is 4.96. The molecule has 1 unspecified atom stereocenters. The lowest BCUT2D eigenvalue weighted by Crippen LogP contribution is -2.47. The second-order valence-corrected chi connectivity index (χ2v) is 8.20. The maximum absolute atomic E-state index is 5.79. The Balaban J connectivity index is 1.55. The van der Waals surface area contributed by atoms with Gasteiger partial charge in [-0.1, -0.05) is 20.8 Å². The lowest BCUT2D eigenvalue weighted by Gasteiger charge is -2.53. The average molecular weight is 296 g/mol. The van der Waals surface area contributed by atoms with E-state index in [1.54, 1.807) is 0 Å². The molecule has 1 spiro atoms.